The van der Waals surface area contributed by atoms with Crippen LogP contribution in [0.3, 0.4) is 0 Å². The van der Waals surface area contributed by atoms with Crippen LogP contribution in [0.4, 0.5) is 5.69 Å². The molecule has 7 nitrogen and oxygen atoms in total. The van der Waals surface area contributed by atoms with Crippen LogP contribution in [0.2, 0.25) is 0 Å². The number of aromatic nitrogens is 3. The van der Waals surface area contributed by atoms with Crippen molar-refractivity contribution in [1.29, 1.82) is 0 Å². The molecule has 2 rings (SSSR count). The molecule has 1 aromatic carbocycles. The fourth-order valence-electron chi connectivity index (χ4n) is 1.33. The molecule has 0 bridgehead atoms. The maximum absolute atomic E-state index is 10.8. The normalized spacial score (nSPS) is 10.3. The van der Waals surface area contributed by atoms with Crippen molar-refractivity contribution in [2.75, 3.05) is 0 Å². The summed E-state index contributed by atoms with van der Waals surface area (Å²) >= 11 is 1.22. The van der Waals surface area contributed by atoms with Gasteiger partial charge in [0.15, 0.2) is 6.29 Å². The Morgan fingerprint density at radius 2 is 2.28 bits per heavy atom. The average molecular weight is 264 g/mol. The number of carbonyl (C=O) groups excluding carboxylic acids is 1. The lowest BCUT2D eigenvalue weighted by Gasteiger charge is -1.99. The molecule has 1 aromatic heterocycles. The molecule has 0 radical (unpaired) electrons. The highest BCUT2D eigenvalue weighted by molar-refractivity contribution is 7.99. The number of nitrogens with zero attached hydrogens (tertiary/aromatic N) is 3. The first-order valence-electron chi connectivity index (χ1n) is 4.90. The Morgan fingerprint density at radius 1 is 1.50 bits per heavy atom. The van der Waals surface area contributed by atoms with Crippen molar-refractivity contribution in [1.82, 2.24) is 15.2 Å². The summed E-state index contributed by atoms with van der Waals surface area (Å²) in [4.78, 5) is 25.6. The maximum Gasteiger partial charge on any atom is 0.279 e. The summed E-state index contributed by atoms with van der Waals surface area (Å²) in [5.41, 5.74) is -0.169. The number of benzene rings is 1. The van der Waals surface area contributed by atoms with E-state index in [-0.39, 0.29) is 11.3 Å². The zero-order valence-corrected chi connectivity index (χ0v) is 10.1. The van der Waals surface area contributed by atoms with Crippen LogP contribution in [0.25, 0.3) is 0 Å². The first kappa shape index (κ1) is 12.2. The van der Waals surface area contributed by atoms with Gasteiger partial charge in [0.05, 0.1) is 10.5 Å². The summed E-state index contributed by atoms with van der Waals surface area (Å²) in [6.07, 6.45) is 0.464. The number of nitro benzene ring substituents is 1. The van der Waals surface area contributed by atoms with Gasteiger partial charge in [-0.2, -0.15) is 0 Å². The summed E-state index contributed by atoms with van der Waals surface area (Å²) in [7, 11) is 0. The van der Waals surface area contributed by atoms with Gasteiger partial charge in [-0.25, -0.2) is 4.98 Å². The number of hydrogen-bond acceptors (Lipinski definition) is 6. The van der Waals surface area contributed by atoms with Gasteiger partial charge in [-0.3, -0.25) is 20.0 Å². The highest BCUT2D eigenvalue weighted by atomic mass is 32.2. The molecule has 0 atom stereocenters. The van der Waals surface area contributed by atoms with Crippen LogP contribution in [-0.2, 0) is 0 Å². The van der Waals surface area contributed by atoms with Crippen LogP contribution in [0.1, 0.15) is 16.2 Å². The summed E-state index contributed by atoms with van der Waals surface area (Å²) in [6, 6.07) is 4.30. The highest BCUT2D eigenvalue weighted by Gasteiger charge is 2.14. The topological polar surface area (TPSA) is 102 Å². The quantitative estimate of drug-likeness (QED) is 0.514. The van der Waals surface area contributed by atoms with Gasteiger partial charge in [0.1, 0.15) is 5.82 Å². The second-order valence-electron chi connectivity index (χ2n) is 3.40. The molecule has 0 fully saturated rings. The zero-order valence-electron chi connectivity index (χ0n) is 9.28. The summed E-state index contributed by atoms with van der Waals surface area (Å²) in [5, 5.41) is 17.8. The molecule has 0 saturated heterocycles. The summed E-state index contributed by atoms with van der Waals surface area (Å²) < 4.78 is 0. The van der Waals surface area contributed by atoms with Crippen molar-refractivity contribution >= 4 is 23.7 Å². The molecular formula is C10H8N4O3S. The number of aromatic amines is 1. The maximum atomic E-state index is 10.8. The number of hydrogen-bond donors (Lipinski definition) is 1. The number of nitro groups is 1. The van der Waals surface area contributed by atoms with E-state index >= 15 is 0 Å². The number of aryl methyl sites for hydroxylation is 1. The molecule has 2 aromatic rings. The lowest BCUT2D eigenvalue weighted by molar-refractivity contribution is -0.385. The van der Waals surface area contributed by atoms with Crippen LogP contribution >= 0.6 is 11.8 Å². The van der Waals surface area contributed by atoms with E-state index < -0.39 is 4.92 Å². The van der Waals surface area contributed by atoms with E-state index in [1.807, 2.05) is 0 Å². The van der Waals surface area contributed by atoms with Gasteiger partial charge in [-0.1, -0.05) is 0 Å². The van der Waals surface area contributed by atoms with E-state index in [1.165, 1.54) is 23.9 Å². The second-order valence-corrected chi connectivity index (χ2v) is 4.44. The van der Waals surface area contributed by atoms with Crippen LogP contribution in [0.15, 0.2) is 28.3 Å². The van der Waals surface area contributed by atoms with E-state index in [2.05, 4.69) is 15.2 Å². The fourth-order valence-corrected chi connectivity index (χ4v) is 2.14. The third kappa shape index (κ3) is 2.54. The molecular weight excluding hydrogens is 256 g/mol. The Kier molecular flexibility index (Phi) is 3.38. The minimum absolute atomic E-state index is 0.0391. The molecule has 0 amide bonds. The van der Waals surface area contributed by atoms with Gasteiger partial charge in [-0.05, 0) is 30.8 Å². The van der Waals surface area contributed by atoms with Crippen LogP contribution in [-0.4, -0.2) is 26.4 Å². The average Bonchev–Trinajstić information content (AvgIpc) is 2.74. The van der Waals surface area contributed by atoms with Gasteiger partial charge >= 0.3 is 0 Å². The summed E-state index contributed by atoms with van der Waals surface area (Å²) in [6.45, 7) is 1.77. The van der Waals surface area contributed by atoms with Crippen molar-refractivity contribution in [3.63, 3.8) is 0 Å². The first-order chi connectivity index (χ1) is 8.60. The van der Waals surface area contributed by atoms with Gasteiger partial charge in [-0.15, -0.1) is 5.10 Å². The van der Waals surface area contributed by atoms with Gasteiger partial charge in [0.25, 0.3) is 5.69 Å². The number of aldehydes is 1. The minimum atomic E-state index is -0.588. The molecule has 0 spiro atoms. The van der Waals surface area contributed by atoms with E-state index in [0.717, 1.165) is 0 Å². The highest BCUT2D eigenvalue weighted by Crippen LogP contribution is 2.28. The predicted octanol–water partition coefficient (Wildman–Crippen LogP) is 1.99. The molecule has 0 aliphatic carbocycles. The third-order valence-electron chi connectivity index (χ3n) is 2.11. The van der Waals surface area contributed by atoms with Crippen molar-refractivity contribution in [3.8, 4) is 0 Å². The zero-order chi connectivity index (χ0) is 13.1. The molecule has 8 heteroatoms. The molecule has 18 heavy (non-hydrogen) atoms. The Hall–Kier alpha value is -2.22. The molecule has 0 saturated carbocycles. The number of carbonyl (C=O) groups is 1. The van der Waals surface area contributed by atoms with E-state index in [4.69, 9.17) is 0 Å². The Balaban J connectivity index is 2.30. The number of H-pyrrole nitrogens is 1. The largest absolute Gasteiger partial charge is 0.298 e. The van der Waals surface area contributed by atoms with Crippen molar-refractivity contribution in [2.24, 2.45) is 0 Å². The van der Waals surface area contributed by atoms with Crippen LogP contribution < -0.4 is 0 Å². The number of nitrogens with one attached hydrogen (secondary N) is 1. The molecule has 0 aliphatic heterocycles. The molecule has 0 unspecified atom stereocenters. The number of rotatable bonds is 4. The Labute approximate surface area is 106 Å². The van der Waals surface area contributed by atoms with Gasteiger partial charge < -0.3 is 0 Å². The monoisotopic (exact) mass is 264 g/mol. The lowest BCUT2D eigenvalue weighted by Crippen LogP contribution is -1.94. The molecule has 1 N–H and O–H groups in total. The lowest BCUT2D eigenvalue weighted by atomic mass is 10.2. The smallest absolute Gasteiger partial charge is 0.279 e. The summed E-state index contributed by atoms with van der Waals surface area (Å²) in [5.74, 6) is 0.676. The molecule has 1 heterocycles. The molecule has 0 aliphatic rings. The standard InChI is InChI=1S/C10H8N4O3S/c1-6-11-10(13-12-6)18-8-2-3-9(14(16)17)7(4-8)5-15/h2-5H,1H3,(H,11,12,13). The van der Waals surface area contributed by atoms with Crippen molar-refractivity contribution in [3.05, 3.63) is 39.7 Å². The third-order valence-corrected chi connectivity index (χ3v) is 2.96. The van der Waals surface area contributed by atoms with Gasteiger partial charge in [0.2, 0.25) is 5.16 Å². The van der Waals surface area contributed by atoms with Crippen molar-refractivity contribution < 1.29 is 9.72 Å². The van der Waals surface area contributed by atoms with E-state index in [9.17, 15) is 14.9 Å². The first-order valence-corrected chi connectivity index (χ1v) is 5.72. The van der Waals surface area contributed by atoms with Crippen LogP contribution in [0.5, 0.6) is 0 Å². The van der Waals surface area contributed by atoms with Crippen LogP contribution in [0, 0.1) is 17.0 Å². The predicted molar refractivity (Wildman–Crippen MR) is 63.7 cm³/mol. The minimum Gasteiger partial charge on any atom is -0.298 e. The Bertz CT molecular complexity index is 611. The second kappa shape index (κ2) is 4.96. The van der Waals surface area contributed by atoms with E-state index in [1.54, 1.807) is 13.0 Å². The van der Waals surface area contributed by atoms with Gasteiger partial charge in [0, 0.05) is 11.0 Å². The fraction of sp³-hybridized carbons (Fsp3) is 0.100. The van der Waals surface area contributed by atoms with E-state index in [0.29, 0.717) is 22.2 Å². The van der Waals surface area contributed by atoms with Crippen molar-refractivity contribution in [2.45, 2.75) is 17.0 Å². The SMILES string of the molecule is Cc1nc(Sc2ccc([N+](=O)[O-])c(C=O)c2)n[nH]1. The Morgan fingerprint density at radius 3 is 2.83 bits per heavy atom. The molecule has 92 valence electrons.